The van der Waals surface area contributed by atoms with Gasteiger partial charge >= 0.3 is 0 Å². The summed E-state index contributed by atoms with van der Waals surface area (Å²) in [5.74, 6) is 0.0828. The van der Waals surface area contributed by atoms with E-state index in [2.05, 4.69) is 26.1 Å². The van der Waals surface area contributed by atoms with Gasteiger partial charge in [0, 0.05) is 9.99 Å². The molecule has 0 aliphatic heterocycles. The molecule has 0 aromatic heterocycles. The first-order valence-electron chi connectivity index (χ1n) is 7.19. The lowest BCUT2D eigenvalue weighted by Gasteiger charge is -2.30. The van der Waals surface area contributed by atoms with Crippen molar-refractivity contribution in [3.05, 3.63) is 27.6 Å². The van der Waals surface area contributed by atoms with E-state index in [9.17, 15) is 9.18 Å². The third-order valence-corrected chi connectivity index (χ3v) is 4.56. The van der Waals surface area contributed by atoms with Crippen molar-refractivity contribution in [2.45, 2.75) is 40.0 Å². The van der Waals surface area contributed by atoms with Gasteiger partial charge in [-0.25, -0.2) is 4.39 Å². The highest BCUT2D eigenvalue weighted by Gasteiger charge is 2.24. The van der Waals surface area contributed by atoms with Crippen molar-refractivity contribution in [3.8, 4) is 0 Å². The number of halogens is 2. The zero-order valence-electron chi connectivity index (χ0n) is 12.9. The Morgan fingerprint density at radius 1 is 1.38 bits per heavy atom. The Labute approximate surface area is 140 Å². The van der Waals surface area contributed by atoms with Crippen molar-refractivity contribution in [2.24, 2.45) is 17.1 Å². The van der Waals surface area contributed by atoms with Crippen LogP contribution in [0, 0.1) is 20.7 Å². The number of amides is 1. The lowest BCUT2D eigenvalue weighted by atomic mass is 9.76. The Morgan fingerprint density at radius 3 is 2.57 bits per heavy atom. The maximum absolute atomic E-state index is 13.0. The molecule has 1 amide bonds. The summed E-state index contributed by atoms with van der Waals surface area (Å²) in [4.78, 5) is 12.0. The molecule has 0 saturated heterocycles. The number of anilines is 1. The van der Waals surface area contributed by atoms with Crippen LogP contribution in [0.1, 0.15) is 40.0 Å². The monoisotopic (exact) mass is 406 g/mol. The minimum Gasteiger partial charge on any atom is -0.330 e. The van der Waals surface area contributed by atoms with Gasteiger partial charge in [-0.05, 0) is 71.5 Å². The maximum Gasteiger partial charge on any atom is 0.224 e. The van der Waals surface area contributed by atoms with Gasteiger partial charge in [0.2, 0.25) is 5.91 Å². The standard InChI is InChI=1S/C16H24FIN2O/c1-16(2,3)11(8-9-19)4-7-15(21)20-14-6-5-12(17)10-13(14)18/h5-6,10-11H,4,7-9,19H2,1-3H3,(H,20,21). The second-order valence-electron chi connectivity index (χ2n) is 6.35. The molecule has 0 fully saturated rings. The van der Waals surface area contributed by atoms with Crippen molar-refractivity contribution >= 4 is 34.2 Å². The highest BCUT2D eigenvalue weighted by Crippen LogP contribution is 2.32. The fraction of sp³-hybridized carbons (Fsp3) is 0.562. The van der Waals surface area contributed by atoms with E-state index in [1.807, 2.05) is 22.6 Å². The van der Waals surface area contributed by atoms with E-state index in [-0.39, 0.29) is 17.1 Å². The van der Waals surface area contributed by atoms with Crippen LogP contribution in [0.25, 0.3) is 0 Å². The number of hydrogen-bond acceptors (Lipinski definition) is 2. The van der Waals surface area contributed by atoms with E-state index in [1.165, 1.54) is 12.1 Å². The van der Waals surface area contributed by atoms with Gasteiger partial charge in [-0.2, -0.15) is 0 Å². The molecular formula is C16H24FIN2O. The van der Waals surface area contributed by atoms with Gasteiger partial charge in [0.15, 0.2) is 0 Å². The molecule has 118 valence electrons. The molecular weight excluding hydrogens is 382 g/mol. The Balaban J connectivity index is 2.57. The van der Waals surface area contributed by atoms with Crippen LogP contribution in [0.2, 0.25) is 0 Å². The molecule has 3 nitrogen and oxygen atoms in total. The summed E-state index contributed by atoms with van der Waals surface area (Å²) < 4.78 is 13.7. The first-order chi connectivity index (χ1) is 9.74. The van der Waals surface area contributed by atoms with E-state index < -0.39 is 0 Å². The molecule has 0 aliphatic rings. The van der Waals surface area contributed by atoms with Crippen molar-refractivity contribution in [1.82, 2.24) is 0 Å². The fourth-order valence-electron chi connectivity index (χ4n) is 2.32. The van der Waals surface area contributed by atoms with Crippen LogP contribution < -0.4 is 11.1 Å². The summed E-state index contributed by atoms with van der Waals surface area (Å²) in [6.45, 7) is 7.16. The van der Waals surface area contributed by atoms with Gasteiger partial charge < -0.3 is 11.1 Å². The molecule has 21 heavy (non-hydrogen) atoms. The van der Waals surface area contributed by atoms with Crippen LogP contribution in [0.4, 0.5) is 10.1 Å². The Kier molecular flexibility index (Phi) is 7.06. The molecule has 0 aliphatic carbocycles. The molecule has 0 heterocycles. The smallest absolute Gasteiger partial charge is 0.224 e. The summed E-state index contributed by atoms with van der Waals surface area (Å²) in [7, 11) is 0. The van der Waals surface area contributed by atoms with Gasteiger partial charge in [0.1, 0.15) is 5.82 Å². The Morgan fingerprint density at radius 2 is 2.05 bits per heavy atom. The number of nitrogens with two attached hydrogens (primary N) is 1. The second-order valence-corrected chi connectivity index (χ2v) is 7.51. The van der Waals surface area contributed by atoms with Crippen molar-refractivity contribution < 1.29 is 9.18 Å². The van der Waals surface area contributed by atoms with E-state index >= 15 is 0 Å². The number of benzene rings is 1. The Hall–Kier alpha value is -0.690. The number of rotatable bonds is 6. The van der Waals surface area contributed by atoms with Crippen molar-refractivity contribution in [1.29, 1.82) is 0 Å². The van der Waals surface area contributed by atoms with Crippen LogP contribution in [0.3, 0.4) is 0 Å². The molecule has 0 saturated carbocycles. The van der Waals surface area contributed by atoms with Crippen LogP contribution in [0.15, 0.2) is 18.2 Å². The summed E-state index contributed by atoms with van der Waals surface area (Å²) >= 11 is 2.02. The molecule has 1 unspecified atom stereocenters. The summed E-state index contributed by atoms with van der Waals surface area (Å²) in [6, 6.07) is 4.35. The zero-order valence-corrected chi connectivity index (χ0v) is 15.0. The van der Waals surface area contributed by atoms with E-state index in [0.29, 0.717) is 28.1 Å². The minimum absolute atomic E-state index is 0.0363. The van der Waals surface area contributed by atoms with Gasteiger partial charge in [-0.15, -0.1) is 0 Å². The quantitative estimate of drug-likeness (QED) is 0.698. The largest absolute Gasteiger partial charge is 0.330 e. The average molecular weight is 406 g/mol. The summed E-state index contributed by atoms with van der Waals surface area (Å²) in [6.07, 6.45) is 2.19. The van der Waals surface area contributed by atoms with Gasteiger partial charge in [-0.1, -0.05) is 20.8 Å². The summed E-state index contributed by atoms with van der Waals surface area (Å²) in [5.41, 5.74) is 6.46. The highest BCUT2D eigenvalue weighted by molar-refractivity contribution is 14.1. The molecule has 1 rings (SSSR count). The van der Waals surface area contributed by atoms with Gasteiger partial charge in [-0.3, -0.25) is 4.79 Å². The third kappa shape index (κ3) is 6.30. The number of hydrogen-bond donors (Lipinski definition) is 2. The van der Waals surface area contributed by atoms with Gasteiger partial charge in [0.25, 0.3) is 0 Å². The van der Waals surface area contributed by atoms with E-state index in [0.717, 1.165) is 12.8 Å². The second kappa shape index (κ2) is 8.08. The normalized spacial score (nSPS) is 13.0. The average Bonchev–Trinajstić information content (AvgIpc) is 2.36. The topological polar surface area (TPSA) is 55.1 Å². The Bertz CT molecular complexity index is 486. The van der Waals surface area contributed by atoms with Crippen LogP contribution in [-0.2, 0) is 4.79 Å². The maximum atomic E-state index is 13.0. The van der Waals surface area contributed by atoms with Crippen LogP contribution in [0.5, 0.6) is 0 Å². The molecule has 0 bridgehead atoms. The zero-order chi connectivity index (χ0) is 16.0. The fourth-order valence-corrected chi connectivity index (χ4v) is 2.93. The molecule has 1 aromatic rings. The SMILES string of the molecule is CC(C)(C)C(CCN)CCC(=O)Nc1ccc(F)cc1I. The number of carbonyl (C=O) groups excluding carboxylic acids is 1. The van der Waals surface area contributed by atoms with Crippen molar-refractivity contribution in [2.75, 3.05) is 11.9 Å². The van der Waals surface area contributed by atoms with E-state index in [4.69, 9.17) is 5.73 Å². The minimum atomic E-state index is -0.298. The number of carbonyl (C=O) groups is 1. The van der Waals surface area contributed by atoms with Crippen LogP contribution in [-0.4, -0.2) is 12.5 Å². The lowest BCUT2D eigenvalue weighted by molar-refractivity contribution is -0.116. The molecule has 1 aromatic carbocycles. The molecule has 0 spiro atoms. The molecule has 5 heteroatoms. The molecule has 0 radical (unpaired) electrons. The lowest BCUT2D eigenvalue weighted by Crippen LogP contribution is -2.25. The third-order valence-electron chi connectivity index (χ3n) is 3.66. The molecule has 1 atom stereocenters. The first kappa shape index (κ1) is 18.4. The predicted molar refractivity (Wildman–Crippen MR) is 93.6 cm³/mol. The van der Waals surface area contributed by atoms with E-state index in [1.54, 1.807) is 6.07 Å². The number of nitrogens with one attached hydrogen (secondary N) is 1. The van der Waals surface area contributed by atoms with Crippen LogP contribution >= 0.6 is 22.6 Å². The highest BCUT2D eigenvalue weighted by atomic mass is 127. The predicted octanol–water partition coefficient (Wildman–Crippen LogP) is 4.16. The first-order valence-corrected chi connectivity index (χ1v) is 8.27. The van der Waals surface area contributed by atoms with Gasteiger partial charge in [0.05, 0.1) is 5.69 Å². The summed E-state index contributed by atoms with van der Waals surface area (Å²) in [5, 5.41) is 2.84. The van der Waals surface area contributed by atoms with Crippen molar-refractivity contribution in [3.63, 3.8) is 0 Å². The molecule has 3 N–H and O–H groups in total.